The molecule has 1 saturated heterocycles. The van der Waals surface area contributed by atoms with Gasteiger partial charge in [-0.2, -0.15) is 8.42 Å². The Labute approximate surface area is 487 Å². The lowest BCUT2D eigenvalue weighted by atomic mass is 10.0. The Bertz CT molecular complexity index is 1500. The fourth-order valence-corrected chi connectivity index (χ4v) is 11.3. The number of aryl methyl sites for hydroxylation is 1. The Kier molecular flexibility index (Phi) is 59.8. The molecule has 12 heteroatoms. The number of nitrogens with zero attached hydrogens (tertiary/aromatic N) is 2. The summed E-state index contributed by atoms with van der Waals surface area (Å²) in [5.41, 5.74) is 0.928. The Hall–Kier alpha value is -1.12. The van der Waals surface area contributed by atoms with Gasteiger partial charge in [0.2, 0.25) is 0 Å². The summed E-state index contributed by atoms with van der Waals surface area (Å²) < 4.78 is 68.6. The molecule has 0 radical (unpaired) electrons. The van der Waals surface area contributed by atoms with Crippen molar-refractivity contribution in [2.75, 3.05) is 66.1 Å². The number of unbranched alkanes of at least 4 members (excludes halogenated alkanes) is 40. The van der Waals surface area contributed by atoms with Crippen LogP contribution in [-0.2, 0) is 29.4 Å². The lowest BCUT2D eigenvalue weighted by molar-refractivity contribution is -0.910. The average molecular weight is 1150 g/mol. The Balaban J connectivity index is 0. The first kappa shape index (κ1) is 78.9. The molecule has 1 aromatic rings. The van der Waals surface area contributed by atoms with Crippen LogP contribution in [0.1, 0.15) is 323 Å². The molecule has 0 saturated carbocycles. The third kappa shape index (κ3) is 61.0. The molecule has 1 fully saturated rings. The van der Waals surface area contributed by atoms with Gasteiger partial charge in [0.15, 0.2) is 0 Å². The molecule has 1 aliphatic heterocycles. The highest BCUT2D eigenvalue weighted by Gasteiger charge is 2.20. The average Bonchev–Trinajstić information content (AvgIpc) is 3.41. The van der Waals surface area contributed by atoms with Gasteiger partial charge in [0.25, 0.3) is 0 Å². The van der Waals surface area contributed by atoms with Crippen molar-refractivity contribution in [2.24, 2.45) is 0 Å². The summed E-state index contributed by atoms with van der Waals surface area (Å²) in [4.78, 5) is 2.38. The number of hydrogen-bond donors (Lipinski definition) is 1. The third-order valence-electron chi connectivity index (χ3n) is 15.7. The van der Waals surface area contributed by atoms with Gasteiger partial charge < -0.3 is 13.8 Å². The highest BCUT2D eigenvalue weighted by molar-refractivity contribution is 7.85. The summed E-state index contributed by atoms with van der Waals surface area (Å²) in [6.07, 6.45) is 64.0. The largest absolute Gasteiger partial charge is 0.744 e. The van der Waals surface area contributed by atoms with Gasteiger partial charge in [0, 0.05) is 13.1 Å². The smallest absolute Gasteiger partial charge is 0.397 e. The summed E-state index contributed by atoms with van der Waals surface area (Å²) in [6, 6.07) is 5.78. The lowest BCUT2D eigenvalue weighted by Gasteiger charge is -2.35. The maximum Gasteiger partial charge on any atom is 0.397 e. The van der Waals surface area contributed by atoms with Gasteiger partial charge in [0.05, 0.1) is 51.4 Å². The van der Waals surface area contributed by atoms with Crippen molar-refractivity contribution in [3.63, 3.8) is 0 Å². The van der Waals surface area contributed by atoms with Crippen molar-refractivity contribution in [1.82, 2.24) is 4.90 Å². The van der Waals surface area contributed by atoms with Crippen molar-refractivity contribution in [2.45, 2.75) is 329 Å². The van der Waals surface area contributed by atoms with Crippen LogP contribution >= 0.6 is 0 Å². The zero-order chi connectivity index (χ0) is 58.0. The van der Waals surface area contributed by atoms with Gasteiger partial charge >= 0.3 is 10.4 Å². The van der Waals surface area contributed by atoms with Crippen LogP contribution in [0.4, 0.5) is 0 Å². The van der Waals surface area contributed by atoms with Gasteiger partial charge in [-0.05, 0) is 77.5 Å². The minimum atomic E-state index is -4.27. The van der Waals surface area contributed by atoms with Gasteiger partial charge in [-0.25, -0.2) is 12.6 Å². The van der Waals surface area contributed by atoms with E-state index in [2.05, 4.69) is 43.8 Å². The second-order valence-corrected chi connectivity index (χ2v) is 26.0. The number of quaternary nitrogens is 1. The molecule has 1 N–H and O–H groups in total. The molecule has 10 nitrogen and oxygen atoms in total. The van der Waals surface area contributed by atoms with Crippen LogP contribution in [0.5, 0.6) is 0 Å². The van der Waals surface area contributed by atoms with Gasteiger partial charge in [0.1, 0.15) is 10.1 Å². The van der Waals surface area contributed by atoms with Crippen LogP contribution < -0.4 is 0 Å². The fourth-order valence-electron chi connectivity index (χ4n) is 10.5. The molecule has 1 aromatic carbocycles. The van der Waals surface area contributed by atoms with E-state index in [1.807, 2.05) is 6.92 Å². The summed E-state index contributed by atoms with van der Waals surface area (Å²) >= 11 is 0. The first-order chi connectivity index (χ1) is 37.7. The molecule has 78 heavy (non-hydrogen) atoms. The molecular weight excluding hydrogens is 1010 g/mol. The maximum atomic E-state index is 10.4. The molecular formula is C66H132N2O8S2. The van der Waals surface area contributed by atoms with E-state index in [1.54, 1.807) is 12.1 Å². The first-order valence-electron chi connectivity index (χ1n) is 33.5. The van der Waals surface area contributed by atoms with Crippen LogP contribution in [0.25, 0.3) is 0 Å². The SMILES string of the molecule is CCCCCCCCCCCCCCCCN1CCOCC1.CCCCCCCCCCCC[N+](C)(CCCCCCCCCCCC)CCCCCCCCCCCC.CCOS(=O)(=O)O.Cc1ccc(S(=O)(=O)[O-])cc1. The molecule has 1 aliphatic rings. The highest BCUT2D eigenvalue weighted by Crippen LogP contribution is 2.19. The van der Waals surface area contributed by atoms with E-state index in [1.165, 1.54) is 332 Å². The zero-order valence-electron chi connectivity index (χ0n) is 52.8. The van der Waals surface area contributed by atoms with Gasteiger partial charge in [-0.1, -0.05) is 283 Å². The van der Waals surface area contributed by atoms with Crippen LogP contribution in [0.3, 0.4) is 0 Å². The van der Waals surface area contributed by atoms with Gasteiger partial charge in [-0.15, -0.1) is 0 Å². The quantitative estimate of drug-likeness (QED) is 0.0384. The van der Waals surface area contributed by atoms with E-state index in [9.17, 15) is 21.4 Å². The first-order valence-corrected chi connectivity index (χ1v) is 36.2. The third-order valence-corrected chi connectivity index (χ3v) is 17.0. The second kappa shape index (κ2) is 59.1. The van der Waals surface area contributed by atoms with E-state index >= 15 is 0 Å². The fraction of sp³-hybridized carbons (Fsp3) is 0.909. The number of rotatable bonds is 51. The van der Waals surface area contributed by atoms with Crippen LogP contribution in [0.2, 0.25) is 0 Å². The summed E-state index contributed by atoms with van der Waals surface area (Å²) in [6.45, 7) is 22.3. The van der Waals surface area contributed by atoms with E-state index < -0.39 is 20.5 Å². The van der Waals surface area contributed by atoms with Crippen molar-refractivity contribution >= 4 is 20.5 Å². The summed E-state index contributed by atoms with van der Waals surface area (Å²) in [5, 5.41) is 0. The minimum absolute atomic E-state index is 0.0289. The Morgan fingerprint density at radius 3 is 0.936 bits per heavy atom. The molecule has 0 atom stereocenters. The van der Waals surface area contributed by atoms with Crippen molar-refractivity contribution in [3.05, 3.63) is 29.8 Å². The Morgan fingerprint density at radius 2 is 0.705 bits per heavy atom. The molecule has 2 rings (SSSR count). The predicted octanol–water partition coefficient (Wildman–Crippen LogP) is 19.7. The molecule has 1 heterocycles. The molecule has 0 unspecified atom stereocenters. The highest BCUT2D eigenvalue weighted by atomic mass is 32.3. The van der Waals surface area contributed by atoms with Crippen LogP contribution in [-0.4, -0.2) is 101 Å². The topological polar surface area (TPSA) is 133 Å². The minimum Gasteiger partial charge on any atom is -0.744 e. The second-order valence-electron chi connectivity index (χ2n) is 23.5. The molecule has 0 aliphatic carbocycles. The lowest BCUT2D eigenvalue weighted by Crippen LogP contribution is -2.46. The number of hydrogen-bond acceptors (Lipinski definition) is 8. The number of morpholine rings is 1. The Morgan fingerprint density at radius 1 is 0.449 bits per heavy atom. The van der Waals surface area contributed by atoms with E-state index in [0.717, 1.165) is 31.9 Å². The van der Waals surface area contributed by atoms with Crippen LogP contribution in [0.15, 0.2) is 29.2 Å². The zero-order valence-corrected chi connectivity index (χ0v) is 54.4. The monoisotopic (exact) mass is 1140 g/mol. The predicted molar refractivity (Wildman–Crippen MR) is 336 cm³/mol. The molecule has 466 valence electrons. The van der Waals surface area contributed by atoms with Crippen molar-refractivity contribution < 1.29 is 39.3 Å². The van der Waals surface area contributed by atoms with E-state index in [4.69, 9.17) is 9.29 Å². The van der Waals surface area contributed by atoms with Crippen LogP contribution in [0, 0.1) is 6.92 Å². The van der Waals surface area contributed by atoms with E-state index in [-0.39, 0.29) is 11.5 Å². The number of benzene rings is 1. The summed E-state index contributed by atoms with van der Waals surface area (Å²) in [5.74, 6) is 0. The molecule has 0 amide bonds. The molecule has 0 spiro atoms. The van der Waals surface area contributed by atoms with Crippen molar-refractivity contribution in [1.29, 1.82) is 0 Å². The van der Waals surface area contributed by atoms with Crippen molar-refractivity contribution in [3.8, 4) is 0 Å². The van der Waals surface area contributed by atoms with E-state index in [0.29, 0.717) is 0 Å². The van der Waals surface area contributed by atoms with Gasteiger partial charge in [-0.3, -0.25) is 9.45 Å². The summed E-state index contributed by atoms with van der Waals surface area (Å²) in [7, 11) is -5.84. The maximum absolute atomic E-state index is 10.4. The molecule has 0 aromatic heterocycles. The normalized spacial score (nSPS) is 13.1. The molecule has 0 bridgehead atoms. The standard InChI is InChI=1S/C37H78N.C20H41NO.C7H8O3S.C2H6O4S/c1-5-8-11-14-17-20-23-26-29-32-35-38(4,36-33-30-27-24-21-18-15-12-9-6-2)37-34-31-28-25-22-19-16-13-10-7-3;1-2-3-4-5-6-7-8-9-10-11-12-13-14-15-16-21-17-19-22-20-18-21;1-6-2-4-7(5-3-6)11(8,9)10;1-2-6-7(3,4)5/h5-37H2,1-4H3;2-20H2,1H3;2-5H,1H3,(H,8,9,10);2H2,1H3,(H,3,4,5)/q+1;;;/p-1. The number of ether oxygens (including phenoxy) is 1.